The number of aryl methyl sites for hydroxylation is 4. The minimum Gasteiger partial charge on any atom is -0.507 e. The molecular weight excluding hydrogens is 865 g/mol. The first-order chi connectivity index (χ1) is 31.3. The number of carbonyl (C=O) groups excluding carboxylic acids is 3. The van der Waals surface area contributed by atoms with Gasteiger partial charge >= 0.3 is 5.97 Å². The lowest BCUT2D eigenvalue weighted by molar-refractivity contribution is -0.171. The number of phenols is 1. The molecule has 0 bridgehead atoms. The maximum atomic E-state index is 12.7. The molecule has 0 spiro atoms. The first-order valence-electron chi connectivity index (χ1n) is 23.2. The SMILES string of the molecule is CCCCCSCCOc1ccc(C(=O)/C=C/c2cc(C)c(O)c(C)c2)cc1.CCCCCSCCOc1ccc(C(=O)/C=C/c2cc(C)c(OC(C)(C)C(=O)OC(C)(C)C)c(C)c2)cc1. The zero-order chi connectivity index (χ0) is 48.7. The number of rotatable bonds is 25. The summed E-state index contributed by atoms with van der Waals surface area (Å²) in [5.74, 6) is 6.27. The van der Waals surface area contributed by atoms with E-state index in [1.807, 2.05) is 121 Å². The molecule has 4 aromatic carbocycles. The van der Waals surface area contributed by atoms with Gasteiger partial charge in [0, 0.05) is 22.6 Å². The van der Waals surface area contributed by atoms with Gasteiger partial charge in [-0.1, -0.05) is 51.7 Å². The Hall–Kier alpha value is -4.93. The van der Waals surface area contributed by atoms with Crippen LogP contribution in [-0.2, 0) is 9.53 Å². The second-order valence-electron chi connectivity index (χ2n) is 17.9. The van der Waals surface area contributed by atoms with E-state index in [-0.39, 0.29) is 11.6 Å². The van der Waals surface area contributed by atoms with Crippen LogP contribution in [0, 0.1) is 27.7 Å². The molecule has 1 N–H and O–H groups in total. The van der Waals surface area contributed by atoms with Crippen LogP contribution in [-0.4, -0.2) is 70.1 Å². The number of ketones is 2. The highest BCUT2D eigenvalue weighted by atomic mass is 32.2. The fourth-order valence-corrected chi connectivity index (χ4v) is 8.17. The van der Waals surface area contributed by atoms with E-state index in [4.69, 9.17) is 18.9 Å². The van der Waals surface area contributed by atoms with E-state index in [1.54, 1.807) is 62.4 Å². The molecule has 4 rings (SSSR count). The van der Waals surface area contributed by atoms with Crippen LogP contribution in [0.15, 0.2) is 84.9 Å². The molecule has 8 nitrogen and oxygen atoms in total. The van der Waals surface area contributed by atoms with E-state index in [9.17, 15) is 19.5 Å². The fraction of sp³-hybridized carbons (Fsp3) is 0.446. The topological polar surface area (TPSA) is 108 Å². The minimum absolute atomic E-state index is 0.0542. The molecule has 0 radical (unpaired) electrons. The summed E-state index contributed by atoms with van der Waals surface area (Å²) in [4.78, 5) is 37.7. The maximum absolute atomic E-state index is 12.7. The average Bonchev–Trinajstić information content (AvgIpc) is 3.27. The molecule has 0 aliphatic heterocycles. The van der Waals surface area contributed by atoms with Crippen LogP contribution in [0.3, 0.4) is 0 Å². The molecule has 0 aliphatic carbocycles. The third-order valence-electron chi connectivity index (χ3n) is 10.2. The summed E-state index contributed by atoms with van der Waals surface area (Å²) in [7, 11) is 0. The Morgan fingerprint density at radius 2 is 0.970 bits per heavy atom. The molecule has 0 atom stereocenters. The molecule has 0 amide bonds. The Kier molecular flexibility index (Phi) is 23.7. The van der Waals surface area contributed by atoms with E-state index in [2.05, 4.69) is 13.8 Å². The number of allylic oxidation sites excluding steroid dienone is 2. The van der Waals surface area contributed by atoms with E-state index >= 15 is 0 Å². The number of esters is 1. The van der Waals surface area contributed by atoms with Crippen LogP contribution in [0.1, 0.15) is 141 Å². The number of unbranched alkanes of at least 4 members (excludes halogenated alkanes) is 4. The van der Waals surface area contributed by atoms with Gasteiger partial charge in [0.15, 0.2) is 17.2 Å². The van der Waals surface area contributed by atoms with Crippen molar-refractivity contribution in [1.29, 1.82) is 0 Å². The number of phenolic OH excluding ortho intramolecular Hbond substituents is 1. The second kappa shape index (κ2) is 28.3. The van der Waals surface area contributed by atoms with Gasteiger partial charge in [-0.05, 0) is 205 Å². The molecule has 358 valence electrons. The van der Waals surface area contributed by atoms with Gasteiger partial charge in [0.05, 0.1) is 13.2 Å². The number of thioether (sulfide) groups is 2. The summed E-state index contributed by atoms with van der Waals surface area (Å²) < 4.78 is 23.2. The Labute approximate surface area is 404 Å². The molecule has 0 unspecified atom stereocenters. The van der Waals surface area contributed by atoms with Gasteiger partial charge in [-0.25, -0.2) is 4.79 Å². The molecule has 10 heteroatoms. The van der Waals surface area contributed by atoms with Crippen molar-refractivity contribution in [2.24, 2.45) is 0 Å². The average molecular weight is 939 g/mol. The minimum atomic E-state index is -1.14. The number of hydrogen-bond donors (Lipinski definition) is 1. The second-order valence-corrected chi connectivity index (χ2v) is 20.3. The summed E-state index contributed by atoms with van der Waals surface area (Å²) in [6.07, 6.45) is 14.3. The molecule has 4 aromatic rings. The van der Waals surface area contributed by atoms with Gasteiger partial charge in [-0.3, -0.25) is 9.59 Å². The van der Waals surface area contributed by atoms with Gasteiger partial charge in [0.25, 0.3) is 0 Å². The predicted octanol–water partition coefficient (Wildman–Crippen LogP) is 14.2. The lowest BCUT2D eigenvalue weighted by atomic mass is 10.0. The highest BCUT2D eigenvalue weighted by Gasteiger charge is 2.35. The van der Waals surface area contributed by atoms with Crippen molar-refractivity contribution in [3.05, 3.63) is 129 Å². The standard InChI is InChI=1S/C32H44O5S.C24H30O3S/c1-9-10-11-19-38-20-18-35-27-15-13-26(14-16-27)28(33)17-12-25-21-23(2)29(24(3)22-25)36-32(7,8)30(34)37-31(4,5)6;1-4-5-6-14-28-15-13-27-22-10-8-21(9-11-22)23(25)12-7-20-16-18(2)24(26)19(3)17-20/h12-17,21-22H,9-11,18-20H2,1-8H3;7-12,16-17,26H,4-6,13-15H2,1-3H3/b17-12+;12-7+. The van der Waals surface area contributed by atoms with E-state index in [1.165, 1.54) is 50.0 Å². The predicted molar refractivity (Wildman–Crippen MR) is 278 cm³/mol. The smallest absolute Gasteiger partial charge is 0.350 e. The highest BCUT2D eigenvalue weighted by Crippen LogP contribution is 2.31. The van der Waals surface area contributed by atoms with Crippen molar-refractivity contribution in [1.82, 2.24) is 0 Å². The molecule has 0 saturated carbocycles. The molecule has 0 heterocycles. The zero-order valence-corrected chi connectivity index (χ0v) is 43.0. The number of benzene rings is 4. The molecule has 0 saturated heterocycles. The first-order valence-corrected chi connectivity index (χ1v) is 25.5. The summed E-state index contributed by atoms with van der Waals surface area (Å²) in [6.45, 7) is 22.2. The van der Waals surface area contributed by atoms with Gasteiger partial charge in [0.1, 0.15) is 28.6 Å². The molecule has 0 aromatic heterocycles. The number of carbonyl (C=O) groups is 3. The Morgan fingerprint density at radius 1 is 0.576 bits per heavy atom. The zero-order valence-electron chi connectivity index (χ0n) is 41.3. The molecule has 66 heavy (non-hydrogen) atoms. The largest absolute Gasteiger partial charge is 0.507 e. The van der Waals surface area contributed by atoms with E-state index < -0.39 is 17.2 Å². The third-order valence-corrected chi connectivity index (χ3v) is 12.2. The van der Waals surface area contributed by atoms with Crippen LogP contribution in [0.2, 0.25) is 0 Å². The van der Waals surface area contributed by atoms with Crippen LogP contribution in [0.25, 0.3) is 12.2 Å². The third kappa shape index (κ3) is 20.3. The Morgan fingerprint density at radius 3 is 1.35 bits per heavy atom. The van der Waals surface area contributed by atoms with Gasteiger partial charge in [-0.15, -0.1) is 0 Å². The van der Waals surface area contributed by atoms with Gasteiger partial charge < -0.3 is 24.1 Å². The van der Waals surface area contributed by atoms with Crippen LogP contribution in [0.5, 0.6) is 23.0 Å². The Bertz CT molecular complexity index is 2150. The number of aromatic hydroxyl groups is 1. The molecular formula is C56H74O8S2. The van der Waals surface area contributed by atoms with Crippen molar-refractivity contribution in [3.63, 3.8) is 0 Å². The van der Waals surface area contributed by atoms with Crippen molar-refractivity contribution < 1.29 is 38.4 Å². The fourth-order valence-electron chi connectivity index (χ4n) is 6.54. The van der Waals surface area contributed by atoms with Crippen molar-refractivity contribution in [3.8, 4) is 23.0 Å². The number of ether oxygens (including phenoxy) is 4. The monoisotopic (exact) mass is 938 g/mol. The molecule has 0 aliphatic rings. The molecule has 0 fully saturated rings. The summed E-state index contributed by atoms with van der Waals surface area (Å²) in [5.41, 5.74) is 4.64. The quantitative estimate of drug-likeness (QED) is 0.0299. The van der Waals surface area contributed by atoms with Gasteiger partial charge in [-0.2, -0.15) is 23.5 Å². The summed E-state index contributed by atoms with van der Waals surface area (Å²) in [6, 6.07) is 22.2. The number of hydrogen-bond acceptors (Lipinski definition) is 10. The van der Waals surface area contributed by atoms with E-state index in [0.717, 1.165) is 56.4 Å². The lowest BCUT2D eigenvalue weighted by Gasteiger charge is -2.30. The van der Waals surface area contributed by atoms with Crippen LogP contribution < -0.4 is 14.2 Å². The summed E-state index contributed by atoms with van der Waals surface area (Å²) >= 11 is 3.84. The highest BCUT2D eigenvalue weighted by molar-refractivity contribution is 7.99. The van der Waals surface area contributed by atoms with Crippen LogP contribution >= 0.6 is 23.5 Å². The summed E-state index contributed by atoms with van der Waals surface area (Å²) in [5, 5.41) is 9.83. The van der Waals surface area contributed by atoms with Crippen LogP contribution in [0.4, 0.5) is 0 Å². The maximum Gasteiger partial charge on any atom is 0.350 e. The van der Waals surface area contributed by atoms with Crippen molar-refractivity contribution >= 4 is 53.2 Å². The normalized spacial score (nSPS) is 11.6. The first kappa shape index (κ1) is 55.4. The Balaban J connectivity index is 0.000000367. The van der Waals surface area contributed by atoms with Crippen molar-refractivity contribution in [2.75, 3.05) is 36.2 Å². The van der Waals surface area contributed by atoms with E-state index in [0.29, 0.717) is 35.8 Å². The van der Waals surface area contributed by atoms with Gasteiger partial charge in [0.2, 0.25) is 0 Å². The van der Waals surface area contributed by atoms with Crippen molar-refractivity contribution in [2.45, 2.75) is 126 Å². The lowest BCUT2D eigenvalue weighted by Crippen LogP contribution is -2.43.